The van der Waals surface area contributed by atoms with Crippen molar-refractivity contribution in [3.05, 3.63) is 44.6 Å². The van der Waals surface area contributed by atoms with Crippen LogP contribution in [0.2, 0.25) is 10.2 Å². The van der Waals surface area contributed by atoms with Crippen molar-refractivity contribution in [1.82, 2.24) is 9.97 Å². The third-order valence-corrected chi connectivity index (χ3v) is 3.60. The van der Waals surface area contributed by atoms with E-state index in [1.54, 1.807) is 6.07 Å². The van der Waals surface area contributed by atoms with Crippen LogP contribution in [0, 0.1) is 0 Å². The van der Waals surface area contributed by atoms with Gasteiger partial charge in [0, 0.05) is 20.8 Å². The number of benzene rings is 1. The Labute approximate surface area is 124 Å². The van der Waals surface area contributed by atoms with E-state index in [-0.39, 0.29) is 0 Å². The topological polar surface area (TPSA) is 25.8 Å². The van der Waals surface area contributed by atoms with E-state index in [1.165, 1.54) is 0 Å². The summed E-state index contributed by atoms with van der Waals surface area (Å²) in [5.41, 5.74) is 1.75. The van der Waals surface area contributed by atoms with Crippen molar-refractivity contribution < 1.29 is 0 Å². The Hall–Kier alpha value is -0.640. The van der Waals surface area contributed by atoms with Gasteiger partial charge in [0.2, 0.25) is 0 Å². The summed E-state index contributed by atoms with van der Waals surface area (Å²) in [6, 6.07) is 7.29. The molecule has 0 saturated carbocycles. The fraction of sp³-hybridized carbons (Fsp3) is 0.231. The third-order valence-electron chi connectivity index (χ3n) is 2.48. The molecule has 0 bridgehead atoms. The van der Waals surface area contributed by atoms with Gasteiger partial charge in [0.25, 0.3) is 0 Å². The predicted molar refractivity (Wildman–Crippen MR) is 79.3 cm³/mol. The molecule has 0 atom stereocenters. The van der Waals surface area contributed by atoms with Crippen molar-refractivity contribution in [2.75, 3.05) is 0 Å². The SMILES string of the molecule is CC(C)c1cc(Cl)nc(-c2cc(Cl)ccc2Br)n1. The van der Waals surface area contributed by atoms with Crippen LogP contribution >= 0.6 is 39.1 Å². The van der Waals surface area contributed by atoms with E-state index in [0.717, 1.165) is 15.7 Å². The van der Waals surface area contributed by atoms with Crippen LogP contribution in [0.1, 0.15) is 25.5 Å². The number of aromatic nitrogens is 2. The van der Waals surface area contributed by atoms with Gasteiger partial charge in [-0.1, -0.05) is 53.0 Å². The van der Waals surface area contributed by atoms with E-state index in [9.17, 15) is 0 Å². The maximum atomic E-state index is 6.04. The Morgan fingerprint density at radius 2 is 1.83 bits per heavy atom. The van der Waals surface area contributed by atoms with Crippen LogP contribution in [-0.4, -0.2) is 9.97 Å². The van der Waals surface area contributed by atoms with Gasteiger partial charge < -0.3 is 0 Å². The fourth-order valence-electron chi connectivity index (χ4n) is 1.52. The molecule has 5 heteroatoms. The van der Waals surface area contributed by atoms with Gasteiger partial charge in [-0.3, -0.25) is 0 Å². The smallest absolute Gasteiger partial charge is 0.162 e. The summed E-state index contributed by atoms with van der Waals surface area (Å²) in [7, 11) is 0. The van der Waals surface area contributed by atoms with E-state index in [4.69, 9.17) is 23.2 Å². The van der Waals surface area contributed by atoms with E-state index in [0.29, 0.717) is 21.9 Å². The molecular weight excluding hydrogens is 335 g/mol. The summed E-state index contributed by atoms with van der Waals surface area (Å²) in [5, 5.41) is 1.08. The zero-order chi connectivity index (χ0) is 13.3. The molecule has 2 nitrogen and oxygen atoms in total. The quantitative estimate of drug-likeness (QED) is 0.687. The highest BCUT2D eigenvalue weighted by Gasteiger charge is 2.11. The van der Waals surface area contributed by atoms with Gasteiger partial charge in [0.05, 0.1) is 0 Å². The molecule has 1 aromatic heterocycles. The van der Waals surface area contributed by atoms with Gasteiger partial charge in [-0.2, -0.15) is 0 Å². The second-order valence-electron chi connectivity index (χ2n) is 4.22. The molecule has 0 aliphatic rings. The maximum absolute atomic E-state index is 6.04. The molecule has 1 heterocycles. The average Bonchev–Trinajstić information content (AvgIpc) is 2.31. The summed E-state index contributed by atoms with van der Waals surface area (Å²) >= 11 is 15.5. The maximum Gasteiger partial charge on any atom is 0.162 e. The van der Waals surface area contributed by atoms with Crippen LogP contribution in [0.4, 0.5) is 0 Å². The largest absolute Gasteiger partial charge is 0.233 e. The average molecular weight is 346 g/mol. The summed E-state index contributed by atoms with van der Waals surface area (Å²) in [6.45, 7) is 4.13. The molecule has 2 rings (SSSR count). The Morgan fingerprint density at radius 1 is 1.11 bits per heavy atom. The molecule has 1 aromatic carbocycles. The minimum atomic E-state index is 0.294. The minimum absolute atomic E-state index is 0.294. The van der Waals surface area contributed by atoms with E-state index >= 15 is 0 Å². The number of nitrogens with zero attached hydrogens (tertiary/aromatic N) is 2. The summed E-state index contributed by atoms with van der Waals surface area (Å²) in [6.07, 6.45) is 0. The highest BCUT2D eigenvalue weighted by Crippen LogP contribution is 2.30. The third kappa shape index (κ3) is 3.02. The normalized spacial score (nSPS) is 11.0. The van der Waals surface area contributed by atoms with E-state index in [1.807, 2.05) is 18.2 Å². The van der Waals surface area contributed by atoms with Crippen molar-refractivity contribution in [1.29, 1.82) is 0 Å². The minimum Gasteiger partial charge on any atom is -0.233 e. The lowest BCUT2D eigenvalue weighted by Gasteiger charge is -2.09. The Kier molecular flexibility index (Phi) is 4.25. The van der Waals surface area contributed by atoms with E-state index in [2.05, 4.69) is 39.7 Å². The zero-order valence-electron chi connectivity index (χ0n) is 9.92. The van der Waals surface area contributed by atoms with Crippen molar-refractivity contribution >= 4 is 39.1 Å². The van der Waals surface area contributed by atoms with Crippen molar-refractivity contribution in [2.45, 2.75) is 19.8 Å². The monoisotopic (exact) mass is 344 g/mol. The second kappa shape index (κ2) is 5.55. The highest BCUT2D eigenvalue weighted by molar-refractivity contribution is 9.10. The van der Waals surface area contributed by atoms with Crippen LogP contribution < -0.4 is 0 Å². The first-order valence-electron chi connectivity index (χ1n) is 5.47. The first-order valence-corrected chi connectivity index (χ1v) is 7.02. The highest BCUT2D eigenvalue weighted by atomic mass is 79.9. The summed E-state index contributed by atoms with van der Waals surface area (Å²) in [4.78, 5) is 8.78. The van der Waals surface area contributed by atoms with Crippen molar-refractivity contribution in [3.8, 4) is 11.4 Å². The van der Waals surface area contributed by atoms with Crippen LogP contribution in [0.25, 0.3) is 11.4 Å². The number of hydrogen-bond donors (Lipinski definition) is 0. The molecule has 94 valence electrons. The van der Waals surface area contributed by atoms with Crippen LogP contribution in [0.5, 0.6) is 0 Å². The van der Waals surface area contributed by atoms with Gasteiger partial charge in [-0.05, 0) is 30.2 Å². The van der Waals surface area contributed by atoms with Gasteiger partial charge in [-0.25, -0.2) is 9.97 Å². The van der Waals surface area contributed by atoms with Gasteiger partial charge in [0.1, 0.15) is 5.15 Å². The number of hydrogen-bond acceptors (Lipinski definition) is 2. The Bertz CT molecular complexity index is 585. The molecule has 0 aliphatic carbocycles. The molecule has 0 spiro atoms. The molecule has 18 heavy (non-hydrogen) atoms. The van der Waals surface area contributed by atoms with Gasteiger partial charge >= 0.3 is 0 Å². The first-order chi connectivity index (χ1) is 8.47. The summed E-state index contributed by atoms with van der Waals surface area (Å²) < 4.78 is 0.892. The first kappa shape index (κ1) is 13.8. The van der Waals surface area contributed by atoms with Crippen molar-refractivity contribution in [3.63, 3.8) is 0 Å². The second-order valence-corrected chi connectivity index (χ2v) is 5.90. The standard InChI is InChI=1S/C13H11BrCl2N2/c1-7(2)11-6-12(16)18-13(17-11)9-5-8(15)3-4-10(9)14/h3-7H,1-2H3. The van der Waals surface area contributed by atoms with Crippen LogP contribution in [-0.2, 0) is 0 Å². The Balaban J connectivity index is 2.60. The van der Waals surface area contributed by atoms with Crippen LogP contribution in [0.15, 0.2) is 28.7 Å². The number of rotatable bonds is 2. The number of halogens is 3. The molecule has 0 saturated heterocycles. The molecule has 0 radical (unpaired) electrons. The zero-order valence-corrected chi connectivity index (χ0v) is 13.0. The lowest BCUT2D eigenvalue weighted by Crippen LogP contribution is -1.98. The van der Waals surface area contributed by atoms with E-state index < -0.39 is 0 Å². The predicted octanol–water partition coefficient (Wildman–Crippen LogP) is 5.34. The molecule has 0 unspecified atom stereocenters. The molecular formula is C13H11BrCl2N2. The fourth-order valence-corrected chi connectivity index (χ4v) is 2.31. The molecule has 0 fully saturated rings. The summed E-state index contributed by atoms with van der Waals surface area (Å²) in [5.74, 6) is 0.878. The molecule has 0 N–H and O–H groups in total. The van der Waals surface area contributed by atoms with Gasteiger partial charge in [-0.15, -0.1) is 0 Å². The lowest BCUT2D eigenvalue weighted by molar-refractivity contribution is 0.816. The lowest BCUT2D eigenvalue weighted by atomic mass is 10.1. The van der Waals surface area contributed by atoms with Crippen molar-refractivity contribution in [2.24, 2.45) is 0 Å². The molecule has 0 aliphatic heterocycles. The van der Waals surface area contributed by atoms with Crippen LogP contribution in [0.3, 0.4) is 0 Å². The van der Waals surface area contributed by atoms with Gasteiger partial charge in [0.15, 0.2) is 5.82 Å². The molecule has 0 amide bonds. The Morgan fingerprint density at radius 3 is 2.50 bits per heavy atom. The molecule has 2 aromatic rings.